The molecule has 0 aliphatic rings. The SMILES string of the molecule is Cc1cc(O[C@H](C)C(=O)Nc2ccc(C(F)(F)F)cc2)ccc1Cl. The predicted molar refractivity (Wildman–Crippen MR) is 86.4 cm³/mol. The maximum absolute atomic E-state index is 12.5. The average Bonchev–Trinajstić information content (AvgIpc) is 2.50. The quantitative estimate of drug-likeness (QED) is 0.829. The van der Waals surface area contributed by atoms with Crippen molar-refractivity contribution in [2.24, 2.45) is 0 Å². The van der Waals surface area contributed by atoms with Gasteiger partial charge in [0.15, 0.2) is 6.10 Å². The van der Waals surface area contributed by atoms with Gasteiger partial charge in [0, 0.05) is 10.7 Å². The summed E-state index contributed by atoms with van der Waals surface area (Å²) in [4.78, 5) is 12.1. The number of carbonyl (C=O) groups excluding carboxylic acids is 1. The zero-order chi connectivity index (χ0) is 17.9. The molecule has 0 aromatic heterocycles. The third kappa shape index (κ3) is 4.64. The summed E-state index contributed by atoms with van der Waals surface area (Å²) < 4.78 is 43.0. The van der Waals surface area contributed by atoms with Crippen LogP contribution in [0.25, 0.3) is 0 Å². The number of nitrogens with one attached hydrogen (secondary N) is 1. The van der Waals surface area contributed by atoms with Gasteiger partial charge in [-0.3, -0.25) is 4.79 Å². The Hall–Kier alpha value is -2.21. The van der Waals surface area contributed by atoms with Crippen molar-refractivity contribution in [3.8, 4) is 5.75 Å². The summed E-state index contributed by atoms with van der Waals surface area (Å²) in [7, 11) is 0. The van der Waals surface area contributed by atoms with Gasteiger partial charge in [0.05, 0.1) is 5.56 Å². The molecule has 1 amide bonds. The average molecular weight is 358 g/mol. The van der Waals surface area contributed by atoms with Gasteiger partial charge in [-0.15, -0.1) is 0 Å². The maximum atomic E-state index is 12.5. The minimum absolute atomic E-state index is 0.260. The lowest BCUT2D eigenvalue weighted by Gasteiger charge is -2.15. The molecule has 0 aliphatic heterocycles. The summed E-state index contributed by atoms with van der Waals surface area (Å²) in [6.45, 7) is 3.35. The smallest absolute Gasteiger partial charge is 0.416 e. The molecule has 0 saturated carbocycles. The van der Waals surface area contributed by atoms with Gasteiger partial charge in [-0.1, -0.05) is 11.6 Å². The number of benzene rings is 2. The summed E-state index contributed by atoms with van der Waals surface area (Å²) in [5.41, 5.74) is 0.293. The highest BCUT2D eigenvalue weighted by Crippen LogP contribution is 2.30. The maximum Gasteiger partial charge on any atom is 0.416 e. The van der Waals surface area contributed by atoms with E-state index in [0.29, 0.717) is 10.8 Å². The fraction of sp³-hybridized carbons (Fsp3) is 0.235. The first kappa shape index (κ1) is 18.1. The van der Waals surface area contributed by atoms with Crippen molar-refractivity contribution < 1.29 is 22.7 Å². The zero-order valence-electron chi connectivity index (χ0n) is 12.9. The Morgan fingerprint density at radius 2 is 1.79 bits per heavy atom. The normalized spacial score (nSPS) is 12.6. The summed E-state index contributed by atoms with van der Waals surface area (Å²) in [5.74, 6) is 0.00864. The Morgan fingerprint density at radius 1 is 1.17 bits per heavy atom. The number of amides is 1. The van der Waals surface area contributed by atoms with Crippen LogP contribution in [0.2, 0.25) is 5.02 Å². The molecule has 0 spiro atoms. The Kier molecular flexibility index (Phi) is 5.39. The van der Waals surface area contributed by atoms with Crippen LogP contribution in [-0.4, -0.2) is 12.0 Å². The van der Waals surface area contributed by atoms with E-state index in [1.54, 1.807) is 25.1 Å². The Balaban J connectivity index is 1.99. The predicted octanol–water partition coefficient (Wildman–Crippen LogP) is 5.07. The largest absolute Gasteiger partial charge is 0.481 e. The van der Waals surface area contributed by atoms with Gasteiger partial charge in [0.2, 0.25) is 0 Å². The molecule has 2 aromatic rings. The standard InChI is InChI=1S/C17H15ClF3NO2/c1-10-9-14(7-8-15(10)18)24-11(2)16(23)22-13-5-3-12(4-6-13)17(19,20)21/h3-9,11H,1-2H3,(H,22,23)/t11-/m1/s1. The lowest BCUT2D eigenvalue weighted by atomic mass is 10.2. The number of hydrogen-bond donors (Lipinski definition) is 1. The van der Waals surface area contributed by atoms with Gasteiger partial charge in [-0.25, -0.2) is 0 Å². The van der Waals surface area contributed by atoms with Gasteiger partial charge in [0.25, 0.3) is 5.91 Å². The van der Waals surface area contributed by atoms with Gasteiger partial charge >= 0.3 is 6.18 Å². The molecule has 0 radical (unpaired) electrons. The highest BCUT2D eigenvalue weighted by atomic mass is 35.5. The molecule has 2 rings (SSSR count). The summed E-state index contributed by atoms with van der Waals surface area (Å²) in [5, 5.41) is 3.10. The van der Waals surface area contributed by atoms with Crippen LogP contribution in [0.4, 0.5) is 18.9 Å². The summed E-state index contributed by atoms with van der Waals surface area (Å²) >= 11 is 5.92. The van der Waals surface area contributed by atoms with Crippen LogP contribution in [0.15, 0.2) is 42.5 Å². The van der Waals surface area contributed by atoms with Crippen molar-refractivity contribution in [3.63, 3.8) is 0 Å². The van der Waals surface area contributed by atoms with E-state index < -0.39 is 23.8 Å². The van der Waals surface area contributed by atoms with Gasteiger partial charge in [-0.05, 0) is 61.9 Å². The molecule has 1 N–H and O–H groups in total. The first-order chi connectivity index (χ1) is 11.2. The van der Waals surface area contributed by atoms with Crippen LogP contribution in [0.3, 0.4) is 0 Å². The van der Waals surface area contributed by atoms with Crippen molar-refractivity contribution in [1.29, 1.82) is 0 Å². The van der Waals surface area contributed by atoms with E-state index in [9.17, 15) is 18.0 Å². The number of rotatable bonds is 4. The minimum Gasteiger partial charge on any atom is -0.481 e. The highest BCUT2D eigenvalue weighted by molar-refractivity contribution is 6.31. The van der Waals surface area contributed by atoms with Crippen LogP contribution in [0.1, 0.15) is 18.1 Å². The number of carbonyl (C=O) groups is 1. The van der Waals surface area contributed by atoms with E-state index >= 15 is 0 Å². The zero-order valence-corrected chi connectivity index (χ0v) is 13.7. The number of aryl methyl sites for hydroxylation is 1. The summed E-state index contributed by atoms with van der Waals surface area (Å²) in [6, 6.07) is 9.20. The summed E-state index contributed by atoms with van der Waals surface area (Å²) in [6.07, 6.45) is -5.24. The monoisotopic (exact) mass is 357 g/mol. The van der Waals surface area contributed by atoms with Crippen molar-refractivity contribution in [1.82, 2.24) is 0 Å². The molecule has 3 nitrogen and oxygen atoms in total. The van der Waals surface area contributed by atoms with Crippen LogP contribution in [0.5, 0.6) is 5.75 Å². The van der Waals surface area contributed by atoms with Crippen LogP contribution >= 0.6 is 11.6 Å². The lowest BCUT2D eigenvalue weighted by molar-refractivity contribution is -0.137. The molecule has 0 aliphatic carbocycles. The minimum atomic E-state index is -4.41. The molecule has 2 aromatic carbocycles. The number of alkyl halides is 3. The fourth-order valence-electron chi connectivity index (χ4n) is 1.93. The van der Waals surface area contributed by atoms with Crippen molar-refractivity contribution in [3.05, 3.63) is 58.6 Å². The van der Waals surface area contributed by atoms with E-state index in [0.717, 1.165) is 17.7 Å². The molecule has 0 fully saturated rings. The third-order valence-corrected chi connectivity index (χ3v) is 3.72. The number of anilines is 1. The van der Waals surface area contributed by atoms with E-state index in [-0.39, 0.29) is 5.69 Å². The number of halogens is 4. The van der Waals surface area contributed by atoms with Crippen LogP contribution in [0, 0.1) is 6.92 Å². The second kappa shape index (κ2) is 7.13. The molecule has 1 atom stereocenters. The van der Waals surface area contributed by atoms with Gasteiger partial charge in [0.1, 0.15) is 5.75 Å². The molecule has 0 unspecified atom stereocenters. The molecular formula is C17H15ClF3NO2. The van der Waals surface area contributed by atoms with E-state index in [1.807, 2.05) is 6.92 Å². The molecule has 0 saturated heterocycles. The first-order valence-corrected chi connectivity index (χ1v) is 7.45. The second-order valence-corrected chi connectivity index (χ2v) is 5.64. The number of ether oxygens (including phenoxy) is 1. The molecule has 0 bridgehead atoms. The van der Waals surface area contributed by atoms with E-state index in [2.05, 4.69) is 5.32 Å². The molecular weight excluding hydrogens is 343 g/mol. The Bertz CT molecular complexity index is 730. The van der Waals surface area contributed by atoms with Gasteiger partial charge in [-0.2, -0.15) is 13.2 Å². The van der Waals surface area contributed by atoms with Crippen molar-refractivity contribution in [2.45, 2.75) is 26.1 Å². The van der Waals surface area contributed by atoms with Crippen molar-refractivity contribution >= 4 is 23.2 Å². The molecule has 128 valence electrons. The van der Waals surface area contributed by atoms with E-state index in [4.69, 9.17) is 16.3 Å². The van der Waals surface area contributed by atoms with Gasteiger partial charge < -0.3 is 10.1 Å². The van der Waals surface area contributed by atoms with Crippen LogP contribution < -0.4 is 10.1 Å². The Labute approximate surface area is 142 Å². The van der Waals surface area contributed by atoms with Crippen molar-refractivity contribution in [2.75, 3.05) is 5.32 Å². The Morgan fingerprint density at radius 3 is 2.33 bits per heavy atom. The highest BCUT2D eigenvalue weighted by Gasteiger charge is 2.30. The molecule has 24 heavy (non-hydrogen) atoms. The fourth-order valence-corrected chi connectivity index (χ4v) is 2.05. The van der Waals surface area contributed by atoms with Crippen LogP contribution in [-0.2, 0) is 11.0 Å². The molecule has 7 heteroatoms. The topological polar surface area (TPSA) is 38.3 Å². The van der Waals surface area contributed by atoms with E-state index in [1.165, 1.54) is 12.1 Å². The molecule has 0 heterocycles. The third-order valence-electron chi connectivity index (χ3n) is 3.29. The first-order valence-electron chi connectivity index (χ1n) is 7.08. The second-order valence-electron chi connectivity index (χ2n) is 5.24. The number of hydrogen-bond acceptors (Lipinski definition) is 2. The lowest BCUT2D eigenvalue weighted by Crippen LogP contribution is -2.30.